The minimum Gasteiger partial charge on any atom is -0.368 e. The van der Waals surface area contributed by atoms with Crippen molar-refractivity contribution in [2.75, 3.05) is 35.8 Å². The van der Waals surface area contributed by atoms with E-state index in [2.05, 4.69) is 14.6 Å². The summed E-state index contributed by atoms with van der Waals surface area (Å²) in [6.07, 6.45) is 6.74. The fraction of sp³-hybridized carbons (Fsp3) is 0.167. The first-order valence-electron chi connectivity index (χ1n) is 10.4. The van der Waals surface area contributed by atoms with Gasteiger partial charge in [-0.05, 0) is 48.0 Å². The summed E-state index contributed by atoms with van der Waals surface area (Å²) in [6, 6.07) is 16.9. The maximum atomic E-state index is 12.6. The van der Waals surface area contributed by atoms with Crippen LogP contribution in [0.15, 0.2) is 84.0 Å². The molecular formula is C24H23ClN4O3S. The van der Waals surface area contributed by atoms with Gasteiger partial charge >= 0.3 is 0 Å². The maximum Gasteiger partial charge on any atom is 0.261 e. The third-order valence-electron chi connectivity index (χ3n) is 5.35. The first-order chi connectivity index (χ1) is 15.9. The summed E-state index contributed by atoms with van der Waals surface area (Å²) in [7, 11) is -3.77. The quantitative estimate of drug-likeness (QED) is 0.539. The average Bonchev–Trinajstić information content (AvgIpc) is 2.85. The number of nitrogens with zero attached hydrogens (tertiary/aromatic N) is 3. The van der Waals surface area contributed by atoms with Crippen LogP contribution >= 0.6 is 11.6 Å². The molecule has 2 heterocycles. The molecule has 1 aliphatic rings. The van der Waals surface area contributed by atoms with Crippen LogP contribution in [-0.2, 0) is 14.8 Å². The van der Waals surface area contributed by atoms with Gasteiger partial charge in [0.25, 0.3) is 10.0 Å². The Hall–Kier alpha value is -3.36. The van der Waals surface area contributed by atoms with E-state index in [9.17, 15) is 13.2 Å². The SMILES string of the molecule is O=C(/C=C/c1ccc(S(=O)(=O)Nc2ccccc2Cl)cc1)N1CCN(c2ccncc2)CC1. The first-order valence-corrected chi connectivity index (χ1v) is 12.3. The van der Waals surface area contributed by atoms with E-state index in [1.807, 2.05) is 12.1 Å². The van der Waals surface area contributed by atoms with E-state index >= 15 is 0 Å². The van der Waals surface area contributed by atoms with Crippen LogP contribution < -0.4 is 9.62 Å². The Balaban J connectivity index is 1.34. The Morgan fingerprint density at radius 1 is 0.939 bits per heavy atom. The molecule has 0 bridgehead atoms. The van der Waals surface area contributed by atoms with Crippen LogP contribution in [0.3, 0.4) is 0 Å². The Labute approximate surface area is 198 Å². The van der Waals surface area contributed by atoms with Crippen LogP contribution in [0.4, 0.5) is 11.4 Å². The average molecular weight is 483 g/mol. The predicted molar refractivity (Wildman–Crippen MR) is 131 cm³/mol. The molecule has 33 heavy (non-hydrogen) atoms. The number of carbonyl (C=O) groups excluding carboxylic acids is 1. The van der Waals surface area contributed by atoms with Gasteiger partial charge in [-0.1, -0.05) is 35.9 Å². The summed E-state index contributed by atoms with van der Waals surface area (Å²) in [4.78, 5) is 20.7. The van der Waals surface area contributed by atoms with E-state index in [1.54, 1.807) is 59.8 Å². The highest BCUT2D eigenvalue weighted by molar-refractivity contribution is 7.92. The van der Waals surface area contributed by atoms with Crippen molar-refractivity contribution in [1.82, 2.24) is 9.88 Å². The number of nitrogens with one attached hydrogen (secondary N) is 1. The smallest absolute Gasteiger partial charge is 0.261 e. The van der Waals surface area contributed by atoms with Crippen LogP contribution in [0, 0.1) is 0 Å². The second kappa shape index (κ2) is 10.1. The van der Waals surface area contributed by atoms with E-state index in [0.29, 0.717) is 23.8 Å². The highest BCUT2D eigenvalue weighted by Gasteiger charge is 2.20. The van der Waals surface area contributed by atoms with Gasteiger partial charge in [-0.3, -0.25) is 14.5 Å². The summed E-state index contributed by atoms with van der Waals surface area (Å²) in [5.74, 6) is -0.0681. The van der Waals surface area contributed by atoms with Gasteiger partial charge in [0.15, 0.2) is 0 Å². The fourth-order valence-corrected chi connectivity index (χ4v) is 4.84. The van der Waals surface area contributed by atoms with E-state index in [-0.39, 0.29) is 10.8 Å². The standard InChI is InChI=1S/C24H23ClN4O3S/c25-22-3-1-2-4-23(22)27-33(31,32)21-8-5-19(6-9-21)7-10-24(30)29-17-15-28(16-18-29)20-11-13-26-14-12-20/h1-14,27H,15-18H2/b10-7+. The third kappa shape index (κ3) is 5.71. The van der Waals surface area contributed by atoms with Crippen LogP contribution in [0.5, 0.6) is 0 Å². The van der Waals surface area contributed by atoms with Crippen molar-refractivity contribution in [2.24, 2.45) is 0 Å². The number of aromatic nitrogens is 1. The largest absolute Gasteiger partial charge is 0.368 e. The second-order valence-electron chi connectivity index (χ2n) is 7.51. The Morgan fingerprint density at radius 2 is 1.61 bits per heavy atom. The number of anilines is 2. The van der Waals surface area contributed by atoms with Crippen molar-refractivity contribution in [2.45, 2.75) is 4.90 Å². The van der Waals surface area contributed by atoms with Crippen LogP contribution in [0.1, 0.15) is 5.56 Å². The molecule has 4 rings (SSSR count). The van der Waals surface area contributed by atoms with Gasteiger partial charge in [-0.25, -0.2) is 8.42 Å². The van der Waals surface area contributed by atoms with Crippen molar-refractivity contribution < 1.29 is 13.2 Å². The summed E-state index contributed by atoms with van der Waals surface area (Å²) in [5, 5.41) is 0.320. The topological polar surface area (TPSA) is 82.6 Å². The molecule has 7 nitrogen and oxygen atoms in total. The summed E-state index contributed by atoms with van der Waals surface area (Å²) >= 11 is 6.04. The number of benzene rings is 2. The highest BCUT2D eigenvalue weighted by atomic mass is 35.5. The molecule has 1 N–H and O–H groups in total. The normalized spacial score (nSPS) is 14.5. The fourth-order valence-electron chi connectivity index (χ4n) is 3.52. The molecule has 0 radical (unpaired) electrons. The zero-order chi connectivity index (χ0) is 23.3. The Morgan fingerprint density at radius 3 is 2.27 bits per heavy atom. The number of hydrogen-bond donors (Lipinski definition) is 1. The third-order valence-corrected chi connectivity index (χ3v) is 7.06. The summed E-state index contributed by atoms with van der Waals surface area (Å²) < 4.78 is 27.7. The lowest BCUT2D eigenvalue weighted by Crippen LogP contribution is -2.48. The van der Waals surface area contributed by atoms with Gasteiger partial charge in [0.2, 0.25) is 5.91 Å². The van der Waals surface area contributed by atoms with Crippen molar-refractivity contribution >= 4 is 45.0 Å². The molecule has 1 amide bonds. The number of hydrogen-bond acceptors (Lipinski definition) is 5. The number of rotatable bonds is 6. The van der Waals surface area contributed by atoms with Crippen LogP contribution in [0.25, 0.3) is 6.08 Å². The molecule has 9 heteroatoms. The van der Waals surface area contributed by atoms with Gasteiger partial charge in [0.1, 0.15) is 0 Å². The summed E-state index contributed by atoms with van der Waals surface area (Å²) in [6.45, 7) is 2.79. The zero-order valence-electron chi connectivity index (χ0n) is 17.8. The minimum atomic E-state index is -3.77. The number of sulfonamides is 1. The predicted octanol–water partition coefficient (Wildman–Crippen LogP) is 3.90. The summed E-state index contributed by atoms with van der Waals surface area (Å²) in [5.41, 5.74) is 2.15. The number of carbonyl (C=O) groups is 1. The molecule has 3 aromatic rings. The van der Waals surface area contributed by atoms with Gasteiger partial charge in [0.05, 0.1) is 15.6 Å². The van der Waals surface area contributed by atoms with E-state index in [1.165, 1.54) is 18.2 Å². The number of pyridine rings is 1. The molecule has 0 unspecified atom stereocenters. The van der Waals surface area contributed by atoms with E-state index < -0.39 is 10.0 Å². The highest BCUT2D eigenvalue weighted by Crippen LogP contribution is 2.24. The van der Waals surface area contributed by atoms with Gasteiger partial charge < -0.3 is 9.80 Å². The minimum absolute atomic E-state index is 0.0681. The molecule has 0 spiro atoms. The van der Waals surface area contributed by atoms with Crippen molar-refractivity contribution in [3.63, 3.8) is 0 Å². The zero-order valence-corrected chi connectivity index (χ0v) is 19.3. The molecular weight excluding hydrogens is 460 g/mol. The van der Waals surface area contributed by atoms with E-state index in [0.717, 1.165) is 24.3 Å². The molecule has 1 aromatic heterocycles. The lowest BCUT2D eigenvalue weighted by Gasteiger charge is -2.35. The van der Waals surface area contributed by atoms with Crippen LogP contribution in [-0.4, -0.2) is 50.4 Å². The molecule has 1 aliphatic heterocycles. The number of para-hydroxylation sites is 1. The molecule has 0 aliphatic carbocycles. The monoisotopic (exact) mass is 482 g/mol. The molecule has 1 saturated heterocycles. The van der Waals surface area contributed by atoms with Crippen molar-refractivity contribution in [3.8, 4) is 0 Å². The van der Waals surface area contributed by atoms with Crippen LogP contribution in [0.2, 0.25) is 5.02 Å². The van der Waals surface area contributed by atoms with Crippen molar-refractivity contribution in [3.05, 3.63) is 89.7 Å². The number of halogens is 1. The first kappa shape index (κ1) is 22.8. The number of piperazine rings is 1. The number of amides is 1. The lowest BCUT2D eigenvalue weighted by molar-refractivity contribution is -0.126. The molecule has 2 aromatic carbocycles. The molecule has 0 saturated carbocycles. The maximum absolute atomic E-state index is 12.6. The molecule has 170 valence electrons. The van der Waals surface area contributed by atoms with Gasteiger partial charge in [-0.15, -0.1) is 0 Å². The van der Waals surface area contributed by atoms with E-state index in [4.69, 9.17) is 11.6 Å². The lowest BCUT2D eigenvalue weighted by atomic mass is 10.2. The van der Waals surface area contributed by atoms with Crippen molar-refractivity contribution in [1.29, 1.82) is 0 Å². The van der Waals surface area contributed by atoms with Gasteiger partial charge in [0, 0.05) is 50.3 Å². The second-order valence-corrected chi connectivity index (χ2v) is 9.60. The molecule has 0 atom stereocenters. The Kier molecular flexibility index (Phi) is 6.96. The molecule has 1 fully saturated rings. The van der Waals surface area contributed by atoms with Gasteiger partial charge in [-0.2, -0.15) is 0 Å². The Bertz CT molecular complexity index is 1240.